The number of fused-ring (bicyclic) bond motifs is 1. The number of carbonyl (C=O) groups is 1. The van der Waals surface area contributed by atoms with E-state index in [0.717, 1.165) is 15.6 Å². The maximum absolute atomic E-state index is 12.5. The summed E-state index contributed by atoms with van der Waals surface area (Å²) in [5, 5.41) is 3.89. The standard InChI is InChI=1S/C16H12O2S/c1-18-12-9-11-5-2-3-6-13(11)14(10-12)16(17)15-7-4-8-19-15/h2-10H,1H3. The maximum Gasteiger partial charge on any atom is 0.203 e. The van der Waals surface area contributed by atoms with Gasteiger partial charge in [0, 0.05) is 5.56 Å². The van der Waals surface area contributed by atoms with E-state index in [2.05, 4.69) is 0 Å². The van der Waals surface area contributed by atoms with Gasteiger partial charge < -0.3 is 4.74 Å². The van der Waals surface area contributed by atoms with Crippen molar-refractivity contribution in [3.05, 3.63) is 64.4 Å². The molecule has 0 fully saturated rings. The van der Waals surface area contributed by atoms with E-state index in [-0.39, 0.29) is 5.78 Å². The Morgan fingerprint density at radius 2 is 1.95 bits per heavy atom. The monoisotopic (exact) mass is 268 g/mol. The van der Waals surface area contributed by atoms with E-state index in [1.165, 1.54) is 11.3 Å². The lowest BCUT2D eigenvalue weighted by Gasteiger charge is -2.08. The molecule has 0 N–H and O–H groups in total. The molecule has 0 saturated carbocycles. The van der Waals surface area contributed by atoms with Gasteiger partial charge in [0.05, 0.1) is 12.0 Å². The number of thiophene rings is 1. The zero-order chi connectivity index (χ0) is 13.2. The van der Waals surface area contributed by atoms with Gasteiger partial charge in [-0.25, -0.2) is 0 Å². The van der Waals surface area contributed by atoms with Gasteiger partial charge in [-0.05, 0) is 34.4 Å². The second kappa shape index (κ2) is 4.86. The van der Waals surface area contributed by atoms with Crippen molar-refractivity contribution >= 4 is 27.9 Å². The molecule has 94 valence electrons. The highest BCUT2D eigenvalue weighted by Crippen LogP contribution is 2.28. The van der Waals surface area contributed by atoms with E-state index in [4.69, 9.17) is 4.74 Å². The van der Waals surface area contributed by atoms with E-state index in [1.54, 1.807) is 7.11 Å². The van der Waals surface area contributed by atoms with Crippen LogP contribution in [0.5, 0.6) is 5.75 Å². The van der Waals surface area contributed by atoms with Crippen LogP contribution in [0.1, 0.15) is 15.2 Å². The highest BCUT2D eigenvalue weighted by molar-refractivity contribution is 7.12. The predicted octanol–water partition coefficient (Wildman–Crippen LogP) is 4.14. The fourth-order valence-corrected chi connectivity index (χ4v) is 2.81. The van der Waals surface area contributed by atoms with Crippen molar-refractivity contribution in [3.63, 3.8) is 0 Å². The minimum Gasteiger partial charge on any atom is -0.497 e. The van der Waals surface area contributed by atoms with Crippen LogP contribution >= 0.6 is 11.3 Å². The molecule has 0 bridgehead atoms. The number of hydrogen-bond acceptors (Lipinski definition) is 3. The molecule has 0 aliphatic heterocycles. The SMILES string of the molecule is COc1cc(C(=O)c2cccs2)c2ccccc2c1. The zero-order valence-electron chi connectivity index (χ0n) is 10.4. The smallest absolute Gasteiger partial charge is 0.203 e. The fourth-order valence-electron chi connectivity index (χ4n) is 2.13. The summed E-state index contributed by atoms with van der Waals surface area (Å²) in [7, 11) is 1.61. The zero-order valence-corrected chi connectivity index (χ0v) is 11.2. The van der Waals surface area contributed by atoms with E-state index >= 15 is 0 Å². The van der Waals surface area contributed by atoms with Crippen molar-refractivity contribution < 1.29 is 9.53 Å². The van der Waals surface area contributed by atoms with Crippen LogP contribution in [0.15, 0.2) is 53.9 Å². The molecule has 0 saturated heterocycles. The van der Waals surface area contributed by atoms with Gasteiger partial charge in [0.1, 0.15) is 5.75 Å². The molecule has 0 spiro atoms. The van der Waals surface area contributed by atoms with Crippen molar-refractivity contribution in [2.24, 2.45) is 0 Å². The molecule has 3 aromatic rings. The molecule has 0 unspecified atom stereocenters. The lowest BCUT2D eigenvalue weighted by Crippen LogP contribution is -2.00. The Balaban J connectivity index is 2.24. The van der Waals surface area contributed by atoms with Crippen molar-refractivity contribution in [1.29, 1.82) is 0 Å². The van der Waals surface area contributed by atoms with Gasteiger partial charge in [-0.2, -0.15) is 0 Å². The number of benzene rings is 2. The first-order valence-electron chi connectivity index (χ1n) is 5.94. The normalized spacial score (nSPS) is 10.6. The minimum absolute atomic E-state index is 0.0464. The second-order valence-corrected chi connectivity index (χ2v) is 5.15. The van der Waals surface area contributed by atoms with Gasteiger partial charge in [-0.15, -0.1) is 11.3 Å². The molecule has 2 nitrogen and oxygen atoms in total. The van der Waals surface area contributed by atoms with E-state index in [9.17, 15) is 4.79 Å². The molecule has 2 aromatic carbocycles. The molecule has 0 radical (unpaired) electrons. The van der Waals surface area contributed by atoms with Crippen LogP contribution in [0.4, 0.5) is 0 Å². The number of carbonyl (C=O) groups excluding carboxylic acids is 1. The molecule has 0 aliphatic carbocycles. The third kappa shape index (κ3) is 2.13. The molecule has 1 heterocycles. The summed E-state index contributed by atoms with van der Waals surface area (Å²) in [5.74, 6) is 0.753. The summed E-state index contributed by atoms with van der Waals surface area (Å²) >= 11 is 1.46. The number of ketones is 1. The van der Waals surface area contributed by atoms with Crippen LogP contribution in [-0.2, 0) is 0 Å². The highest BCUT2D eigenvalue weighted by atomic mass is 32.1. The molecule has 0 amide bonds. The number of ether oxygens (including phenoxy) is 1. The Morgan fingerprint density at radius 1 is 1.11 bits per heavy atom. The lowest BCUT2D eigenvalue weighted by molar-refractivity contribution is 0.104. The lowest BCUT2D eigenvalue weighted by atomic mass is 10.00. The first kappa shape index (κ1) is 11.9. The number of rotatable bonds is 3. The third-order valence-corrected chi connectivity index (χ3v) is 3.93. The Labute approximate surface area is 115 Å². The van der Waals surface area contributed by atoms with E-state index in [1.807, 2.05) is 53.9 Å². The van der Waals surface area contributed by atoms with Crippen LogP contribution in [0, 0.1) is 0 Å². The summed E-state index contributed by atoms with van der Waals surface area (Å²) in [5.41, 5.74) is 0.692. The second-order valence-electron chi connectivity index (χ2n) is 4.20. The fraction of sp³-hybridized carbons (Fsp3) is 0.0625. The van der Waals surface area contributed by atoms with Crippen molar-refractivity contribution in [1.82, 2.24) is 0 Å². The molecule has 1 aromatic heterocycles. The largest absolute Gasteiger partial charge is 0.497 e. The summed E-state index contributed by atoms with van der Waals surface area (Å²) in [6, 6.07) is 15.4. The summed E-state index contributed by atoms with van der Waals surface area (Å²) in [6.45, 7) is 0. The minimum atomic E-state index is 0.0464. The molecule has 3 heteroatoms. The van der Waals surface area contributed by atoms with Gasteiger partial charge >= 0.3 is 0 Å². The Kier molecular flexibility index (Phi) is 3.05. The first-order valence-corrected chi connectivity index (χ1v) is 6.82. The van der Waals surface area contributed by atoms with Crippen LogP contribution in [0.25, 0.3) is 10.8 Å². The van der Waals surface area contributed by atoms with Gasteiger partial charge in [0.15, 0.2) is 0 Å². The summed E-state index contributed by atoms with van der Waals surface area (Å²) in [6.07, 6.45) is 0. The topological polar surface area (TPSA) is 26.3 Å². The average Bonchev–Trinajstić information content (AvgIpc) is 2.99. The van der Waals surface area contributed by atoms with Gasteiger partial charge in [-0.3, -0.25) is 4.79 Å². The van der Waals surface area contributed by atoms with Gasteiger partial charge in [0.25, 0.3) is 0 Å². The Morgan fingerprint density at radius 3 is 2.68 bits per heavy atom. The van der Waals surface area contributed by atoms with Crippen LogP contribution in [-0.4, -0.2) is 12.9 Å². The van der Waals surface area contributed by atoms with Crippen LogP contribution in [0.2, 0.25) is 0 Å². The third-order valence-electron chi connectivity index (χ3n) is 3.06. The number of methoxy groups -OCH3 is 1. The molecule has 19 heavy (non-hydrogen) atoms. The van der Waals surface area contributed by atoms with Gasteiger partial charge in [0.2, 0.25) is 5.78 Å². The maximum atomic E-state index is 12.5. The predicted molar refractivity (Wildman–Crippen MR) is 78.3 cm³/mol. The average molecular weight is 268 g/mol. The summed E-state index contributed by atoms with van der Waals surface area (Å²) in [4.78, 5) is 13.3. The van der Waals surface area contributed by atoms with E-state index in [0.29, 0.717) is 11.3 Å². The van der Waals surface area contributed by atoms with Crippen molar-refractivity contribution in [2.45, 2.75) is 0 Å². The molecular weight excluding hydrogens is 256 g/mol. The number of hydrogen-bond donors (Lipinski definition) is 0. The quantitative estimate of drug-likeness (QED) is 0.667. The van der Waals surface area contributed by atoms with E-state index < -0.39 is 0 Å². The molecular formula is C16H12O2S. The van der Waals surface area contributed by atoms with Crippen LogP contribution < -0.4 is 4.74 Å². The highest BCUT2D eigenvalue weighted by Gasteiger charge is 2.14. The first-order chi connectivity index (χ1) is 9.29. The molecule has 0 atom stereocenters. The Hall–Kier alpha value is -2.13. The van der Waals surface area contributed by atoms with Gasteiger partial charge in [-0.1, -0.05) is 30.3 Å². The Bertz CT molecular complexity index is 730. The van der Waals surface area contributed by atoms with Crippen molar-refractivity contribution in [2.75, 3.05) is 7.11 Å². The molecule has 3 rings (SSSR count). The summed E-state index contributed by atoms with van der Waals surface area (Å²) < 4.78 is 5.28. The molecule has 0 aliphatic rings. The van der Waals surface area contributed by atoms with Crippen LogP contribution in [0.3, 0.4) is 0 Å². The van der Waals surface area contributed by atoms with Crippen molar-refractivity contribution in [3.8, 4) is 5.75 Å².